The highest BCUT2D eigenvalue weighted by molar-refractivity contribution is 5.92. The van der Waals surface area contributed by atoms with Crippen molar-refractivity contribution in [3.63, 3.8) is 0 Å². The number of carbonyl (C=O) groups excluding carboxylic acids is 1. The first-order valence-corrected chi connectivity index (χ1v) is 8.14. The summed E-state index contributed by atoms with van der Waals surface area (Å²) in [5.41, 5.74) is 9.37. The van der Waals surface area contributed by atoms with Crippen LogP contribution in [0.1, 0.15) is 27.3 Å². The van der Waals surface area contributed by atoms with Crippen molar-refractivity contribution in [2.45, 2.75) is 13.0 Å². The van der Waals surface area contributed by atoms with E-state index >= 15 is 0 Å². The van der Waals surface area contributed by atoms with Gasteiger partial charge < -0.3 is 15.3 Å². The predicted molar refractivity (Wildman–Crippen MR) is 97.4 cm³/mol. The lowest BCUT2D eigenvalue weighted by Crippen LogP contribution is -2.10. The number of hydrogen-bond acceptors (Lipinski definition) is 2. The molecule has 5 nitrogen and oxygen atoms in total. The summed E-state index contributed by atoms with van der Waals surface area (Å²) < 4.78 is 2.23. The van der Waals surface area contributed by atoms with Crippen LogP contribution in [0.3, 0.4) is 0 Å². The largest absolute Gasteiger partial charge is 0.366 e. The third kappa shape index (κ3) is 3.04. The number of nitrogens with zero attached hydrogens (tertiary/aromatic N) is 2. The van der Waals surface area contributed by atoms with E-state index in [4.69, 9.17) is 5.73 Å². The number of aromatic amines is 1. The molecule has 124 valence electrons. The number of imidazole rings is 1. The SMILES string of the molecule is NC(=O)c1ccc(Cn2cc(Cc3ncc[nH]3)c3ccccc32)cc1. The highest BCUT2D eigenvalue weighted by atomic mass is 16.1. The molecule has 0 saturated heterocycles. The lowest BCUT2D eigenvalue weighted by Gasteiger charge is -2.06. The summed E-state index contributed by atoms with van der Waals surface area (Å²) in [7, 11) is 0. The number of para-hydroxylation sites is 1. The highest BCUT2D eigenvalue weighted by Crippen LogP contribution is 2.24. The molecule has 0 radical (unpaired) electrons. The molecule has 25 heavy (non-hydrogen) atoms. The molecule has 5 heteroatoms. The van der Waals surface area contributed by atoms with Crippen molar-refractivity contribution in [2.24, 2.45) is 5.73 Å². The zero-order chi connectivity index (χ0) is 17.2. The van der Waals surface area contributed by atoms with Crippen LogP contribution in [-0.4, -0.2) is 20.4 Å². The summed E-state index contributed by atoms with van der Waals surface area (Å²) in [6.45, 7) is 0.734. The number of fused-ring (bicyclic) bond motifs is 1. The molecule has 0 saturated carbocycles. The second-order valence-corrected chi connectivity index (χ2v) is 6.07. The minimum absolute atomic E-state index is 0.404. The maximum absolute atomic E-state index is 11.2. The lowest BCUT2D eigenvalue weighted by atomic mass is 10.1. The van der Waals surface area contributed by atoms with E-state index in [2.05, 4.69) is 38.9 Å². The monoisotopic (exact) mass is 330 g/mol. The number of hydrogen-bond donors (Lipinski definition) is 2. The maximum atomic E-state index is 11.2. The quantitative estimate of drug-likeness (QED) is 0.590. The van der Waals surface area contributed by atoms with Gasteiger partial charge in [-0.2, -0.15) is 0 Å². The van der Waals surface area contributed by atoms with E-state index < -0.39 is 5.91 Å². The van der Waals surface area contributed by atoms with Crippen LogP contribution in [0.5, 0.6) is 0 Å². The van der Waals surface area contributed by atoms with Crippen molar-refractivity contribution in [1.29, 1.82) is 0 Å². The predicted octanol–water partition coefficient (Wildman–Crippen LogP) is 3.10. The lowest BCUT2D eigenvalue weighted by molar-refractivity contribution is 0.100. The van der Waals surface area contributed by atoms with Gasteiger partial charge in [0.1, 0.15) is 5.82 Å². The Morgan fingerprint density at radius 3 is 2.64 bits per heavy atom. The third-order valence-electron chi connectivity index (χ3n) is 4.38. The van der Waals surface area contributed by atoms with E-state index in [9.17, 15) is 4.79 Å². The average molecular weight is 330 g/mol. The van der Waals surface area contributed by atoms with Crippen LogP contribution in [0.15, 0.2) is 67.1 Å². The second-order valence-electron chi connectivity index (χ2n) is 6.07. The molecular weight excluding hydrogens is 312 g/mol. The van der Waals surface area contributed by atoms with Gasteiger partial charge >= 0.3 is 0 Å². The smallest absolute Gasteiger partial charge is 0.248 e. The summed E-state index contributed by atoms with van der Waals surface area (Å²) in [6, 6.07) is 15.8. The van der Waals surface area contributed by atoms with Crippen LogP contribution in [0, 0.1) is 0 Å². The molecule has 0 aliphatic heterocycles. The maximum Gasteiger partial charge on any atom is 0.248 e. The van der Waals surface area contributed by atoms with Crippen LogP contribution in [-0.2, 0) is 13.0 Å². The van der Waals surface area contributed by atoms with Gasteiger partial charge in [-0.05, 0) is 29.3 Å². The summed E-state index contributed by atoms with van der Waals surface area (Å²) >= 11 is 0. The fourth-order valence-corrected chi connectivity index (χ4v) is 3.14. The number of H-pyrrole nitrogens is 1. The van der Waals surface area contributed by atoms with Crippen molar-refractivity contribution in [1.82, 2.24) is 14.5 Å². The van der Waals surface area contributed by atoms with Crippen LogP contribution in [0.25, 0.3) is 10.9 Å². The number of benzene rings is 2. The molecule has 0 fully saturated rings. The van der Waals surface area contributed by atoms with Crippen molar-refractivity contribution >= 4 is 16.8 Å². The Bertz CT molecular complexity index is 1010. The Hall–Kier alpha value is -3.34. The summed E-state index contributed by atoms with van der Waals surface area (Å²) in [5, 5.41) is 1.23. The molecule has 0 aliphatic carbocycles. The average Bonchev–Trinajstić information content (AvgIpc) is 3.25. The Morgan fingerprint density at radius 1 is 1.12 bits per heavy atom. The molecule has 0 spiro atoms. The number of carbonyl (C=O) groups is 1. The molecular formula is C20H18N4O. The first kappa shape index (κ1) is 15.2. The summed E-state index contributed by atoms with van der Waals surface area (Å²) in [4.78, 5) is 18.7. The molecule has 0 atom stereocenters. The van der Waals surface area contributed by atoms with E-state index in [1.165, 1.54) is 16.5 Å². The Kier molecular flexibility index (Phi) is 3.82. The van der Waals surface area contributed by atoms with Crippen molar-refractivity contribution in [3.8, 4) is 0 Å². The molecule has 3 N–H and O–H groups in total. The molecule has 0 bridgehead atoms. The van der Waals surface area contributed by atoms with E-state index in [-0.39, 0.29) is 0 Å². The van der Waals surface area contributed by atoms with Crippen molar-refractivity contribution < 1.29 is 4.79 Å². The molecule has 0 aliphatic rings. The van der Waals surface area contributed by atoms with Crippen molar-refractivity contribution in [2.75, 3.05) is 0 Å². The van der Waals surface area contributed by atoms with E-state index in [0.29, 0.717) is 5.56 Å². The molecule has 4 rings (SSSR count). The normalized spacial score (nSPS) is 11.0. The Balaban J connectivity index is 1.68. The molecule has 2 heterocycles. The van der Waals surface area contributed by atoms with Gasteiger partial charge in [0.2, 0.25) is 5.91 Å². The highest BCUT2D eigenvalue weighted by Gasteiger charge is 2.10. The fraction of sp³-hybridized carbons (Fsp3) is 0.100. The van der Waals surface area contributed by atoms with Crippen molar-refractivity contribution in [3.05, 3.63) is 89.6 Å². The van der Waals surface area contributed by atoms with Gasteiger partial charge in [-0.3, -0.25) is 4.79 Å². The summed E-state index contributed by atoms with van der Waals surface area (Å²) in [6.07, 6.45) is 6.56. The minimum Gasteiger partial charge on any atom is -0.366 e. The molecule has 4 aromatic rings. The zero-order valence-corrected chi connectivity index (χ0v) is 13.6. The third-order valence-corrected chi connectivity index (χ3v) is 4.38. The molecule has 2 aromatic heterocycles. The van der Waals surface area contributed by atoms with Gasteiger partial charge in [0.25, 0.3) is 0 Å². The fourth-order valence-electron chi connectivity index (χ4n) is 3.14. The first-order chi connectivity index (χ1) is 12.2. The minimum atomic E-state index is -0.404. The topological polar surface area (TPSA) is 76.7 Å². The second kappa shape index (κ2) is 6.28. The van der Waals surface area contributed by atoms with E-state index in [0.717, 1.165) is 24.4 Å². The number of primary amides is 1. The van der Waals surface area contributed by atoms with Crippen LogP contribution >= 0.6 is 0 Å². The first-order valence-electron chi connectivity index (χ1n) is 8.14. The van der Waals surface area contributed by atoms with Gasteiger partial charge in [-0.25, -0.2) is 4.98 Å². The summed E-state index contributed by atoms with van der Waals surface area (Å²) in [5.74, 6) is 0.549. The van der Waals surface area contributed by atoms with Gasteiger partial charge in [0.05, 0.1) is 0 Å². The zero-order valence-electron chi connectivity index (χ0n) is 13.6. The number of nitrogens with one attached hydrogen (secondary N) is 1. The number of nitrogens with two attached hydrogens (primary N) is 1. The molecule has 1 amide bonds. The van der Waals surface area contributed by atoms with Crippen LogP contribution < -0.4 is 5.73 Å². The van der Waals surface area contributed by atoms with Crippen LogP contribution in [0.4, 0.5) is 0 Å². The van der Waals surface area contributed by atoms with E-state index in [1.807, 2.05) is 24.4 Å². The van der Waals surface area contributed by atoms with Gasteiger partial charge in [0.15, 0.2) is 0 Å². The van der Waals surface area contributed by atoms with E-state index in [1.54, 1.807) is 18.3 Å². The Labute approximate surface area is 145 Å². The van der Waals surface area contributed by atoms with Gasteiger partial charge in [-0.1, -0.05) is 30.3 Å². The van der Waals surface area contributed by atoms with Gasteiger partial charge in [-0.15, -0.1) is 0 Å². The van der Waals surface area contributed by atoms with Crippen LogP contribution in [0.2, 0.25) is 0 Å². The molecule has 0 unspecified atom stereocenters. The Morgan fingerprint density at radius 2 is 1.92 bits per heavy atom. The number of amides is 1. The standard InChI is InChI=1S/C20H18N4O/c21-20(25)15-7-5-14(6-8-15)12-24-13-16(11-19-22-9-10-23-19)17-3-1-2-4-18(17)24/h1-10,13H,11-12H2,(H2,21,25)(H,22,23). The number of aromatic nitrogens is 3. The molecule has 2 aromatic carbocycles. The van der Waals surface area contributed by atoms with Gasteiger partial charge in [0, 0.05) is 48.0 Å². The number of rotatable bonds is 5.